The molecule has 8 heteroatoms. The highest BCUT2D eigenvalue weighted by atomic mass is 16.5. The van der Waals surface area contributed by atoms with Crippen LogP contribution in [0.3, 0.4) is 0 Å². The van der Waals surface area contributed by atoms with Crippen molar-refractivity contribution in [2.24, 2.45) is 17.8 Å². The van der Waals surface area contributed by atoms with Gasteiger partial charge in [0, 0.05) is 39.3 Å². The molecule has 1 saturated carbocycles. The lowest BCUT2D eigenvalue weighted by Gasteiger charge is -2.41. The zero-order chi connectivity index (χ0) is 27.7. The van der Waals surface area contributed by atoms with Crippen molar-refractivity contribution in [1.82, 2.24) is 14.7 Å². The number of unbranched alkanes of at least 4 members (excludes halogenated alkanes) is 2. The Bertz CT molecular complexity index is 933. The summed E-state index contributed by atoms with van der Waals surface area (Å²) in [5, 5.41) is 9.27. The van der Waals surface area contributed by atoms with Gasteiger partial charge in [0.1, 0.15) is 11.6 Å². The summed E-state index contributed by atoms with van der Waals surface area (Å²) in [6.45, 7) is 13.1. The zero-order valence-corrected chi connectivity index (χ0v) is 23.6. The smallest absolute Gasteiger partial charge is 0.248 e. The molecule has 3 aliphatic heterocycles. The summed E-state index contributed by atoms with van der Waals surface area (Å²) < 4.78 is 6.87. The second-order valence-electron chi connectivity index (χ2n) is 12.1. The summed E-state index contributed by atoms with van der Waals surface area (Å²) >= 11 is 0. The maximum atomic E-state index is 14.6. The minimum Gasteiger partial charge on any atom is -0.396 e. The topological polar surface area (TPSA) is 90.4 Å². The van der Waals surface area contributed by atoms with Gasteiger partial charge in [-0.05, 0) is 51.4 Å². The van der Waals surface area contributed by atoms with Gasteiger partial charge in [-0.15, -0.1) is 13.2 Å². The molecule has 3 saturated heterocycles. The Morgan fingerprint density at radius 1 is 1.11 bits per heavy atom. The molecule has 0 aromatic heterocycles. The fourth-order valence-corrected chi connectivity index (χ4v) is 7.83. The molecule has 0 radical (unpaired) electrons. The molecule has 1 aliphatic carbocycles. The van der Waals surface area contributed by atoms with E-state index in [0.717, 1.165) is 32.1 Å². The molecule has 4 aliphatic rings. The molecule has 2 bridgehead atoms. The van der Waals surface area contributed by atoms with E-state index in [1.165, 1.54) is 6.42 Å². The Morgan fingerprint density at radius 2 is 1.79 bits per heavy atom. The van der Waals surface area contributed by atoms with Crippen molar-refractivity contribution >= 4 is 17.7 Å². The van der Waals surface area contributed by atoms with E-state index >= 15 is 0 Å². The van der Waals surface area contributed by atoms with E-state index in [-0.39, 0.29) is 36.3 Å². The fourth-order valence-electron chi connectivity index (χ4n) is 7.83. The highest BCUT2D eigenvalue weighted by molar-refractivity contribution is 5.99. The molecule has 38 heavy (non-hydrogen) atoms. The van der Waals surface area contributed by atoms with E-state index in [2.05, 4.69) is 20.1 Å². The van der Waals surface area contributed by atoms with E-state index in [9.17, 15) is 19.5 Å². The second-order valence-corrected chi connectivity index (χ2v) is 12.1. The van der Waals surface area contributed by atoms with Gasteiger partial charge < -0.3 is 24.5 Å². The van der Waals surface area contributed by atoms with E-state index in [1.54, 1.807) is 29.0 Å². The standard InChI is InChI=1S/C30H47N3O5/c1-6-16-31(5)26(35)23-24-27(36)33(18-12-9-13-19-34)25(30(24)20-21(3)29(23,4)38-30)28(37)32(17-7-2)22-14-10-8-11-15-22/h6-7,21-25,34H,1-2,8-20H2,3-5H3/t21?,23-,24+,25?,29+,30?/m1/s1. The van der Waals surface area contributed by atoms with Crippen molar-refractivity contribution in [3.8, 4) is 0 Å². The van der Waals surface area contributed by atoms with Gasteiger partial charge in [0.05, 0.1) is 17.4 Å². The largest absolute Gasteiger partial charge is 0.396 e. The number of carbonyl (C=O) groups is 3. The molecule has 0 aromatic rings. The summed E-state index contributed by atoms with van der Waals surface area (Å²) in [6.07, 6.45) is 11.4. The Kier molecular flexibility index (Phi) is 8.72. The van der Waals surface area contributed by atoms with Crippen molar-refractivity contribution in [3.05, 3.63) is 25.3 Å². The lowest BCUT2D eigenvalue weighted by Crippen LogP contribution is -2.58. The third-order valence-electron chi connectivity index (χ3n) is 9.78. The first-order valence-electron chi connectivity index (χ1n) is 14.6. The number of nitrogens with zero attached hydrogens (tertiary/aromatic N) is 3. The normalized spacial score (nSPS) is 34.3. The van der Waals surface area contributed by atoms with Crippen molar-refractivity contribution in [2.75, 3.05) is 33.3 Å². The van der Waals surface area contributed by atoms with E-state index in [4.69, 9.17) is 4.74 Å². The van der Waals surface area contributed by atoms with Gasteiger partial charge in [-0.25, -0.2) is 0 Å². The second kappa shape index (κ2) is 11.5. The van der Waals surface area contributed by atoms with Crippen LogP contribution in [0.4, 0.5) is 0 Å². The highest BCUT2D eigenvalue weighted by Crippen LogP contribution is 2.65. The first-order valence-corrected chi connectivity index (χ1v) is 14.6. The Hall–Kier alpha value is -2.19. The van der Waals surface area contributed by atoms with Crippen LogP contribution in [0, 0.1) is 17.8 Å². The van der Waals surface area contributed by atoms with Gasteiger partial charge in [0.15, 0.2) is 0 Å². The zero-order valence-electron chi connectivity index (χ0n) is 23.6. The van der Waals surface area contributed by atoms with Crippen LogP contribution in [-0.4, -0.2) is 94.1 Å². The van der Waals surface area contributed by atoms with E-state index in [0.29, 0.717) is 38.9 Å². The van der Waals surface area contributed by atoms with Crippen molar-refractivity contribution in [3.63, 3.8) is 0 Å². The molecule has 1 N–H and O–H groups in total. The molecule has 3 unspecified atom stereocenters. The molecule has 3 amide bonds. The Labute approximate surface area is 228 Å². The van der Waals surface area contributed by atoms with Crippen LogP contribution >= 0.6 is 0 Å². The summed E-state index contributed by atoms with van der Waals surface area (Å²) in [5.41, 5.74) is -1.84. The van der Waals surface area contributed by atoms with Crippen LogP contribution in [-0.2, 0) is 19.1 Å². The maximum Gasteiger partial charge on any atom is 0.248 e. The summed E-state index contributed by atoms with van der Waals surface area (Å²) in [4.78, 5) is 48.0. The number of hydrogen-bond acceptors (Lipinski definition) is 5. The van der Waals surface area contributed by atoms with Crippen LogP contribution in [0.15, 0.2) is 25.3 Å². The minimum absolute atomic E-state index is 0.0183. The number of likely N-dealkylation sites (N-methyl/N-ethyl adjacent to an activating group) is 1. The van der Waals surface area contributed by atoms with Crippen LogP contribution in [0.25, 0.3) is 0 Å². The molecule has 212 valence electrons. The van der Waals surface area contributed by atoms with Crippen molar-refractivity contribution in [2.45, 2.75) is 94.9 Å². The third kappa shape index (κ3) is 4.61. The molecule has 0 aromatic carbocycles. The maximum absolute atomic E-state index is 14.6. The molecular formula is C30H47N3O5. The molecular weight excluding hydrogens is 482 g/mol. The number of hydrogen-bond donors (Lipinski definition) is 1. The van der Waals surface area contributed by atoms with Crippen LogP contribution < -0.4 is 0 Å². The lowest BCUT2D eigenvalue weighted by atomic mass is 9.62. The number of aliphatic hydroxyl groups is 1. The molecule has 3 heterocycles. The predicted octanol–water partition coefficient (Wildman–Crippen LogP) is 3.15. The molecule has 4 rings (SSSR count). The average Bonchev–Trinajstić information content (AvgIpc) is 3.41. The van der Waals surface area contributed by atoms with Crippen LogP contribution in [0.2, 0.25) is 0 Å². The van der Waals surface area contributed by atoms with Crippen LogP contribution in [0.5, 0.6) is 0 Å². The number of likely N-dealkylation sites (tertiary alicyclic amines) is 1. The average molecular weight is 530 g/mol. The number of amides is 3. The first-order chi connectivity index (χ1) is 18.2. The summed E-state index contributed by atoms with van der Waals surface area (Å²) in [7, 11) is 1.74. The number of aliphatic hydroxyl groups excluding tert-OH is 1. The quantitative estimate of drug-likeness (QED) is 0.310. The first kappa shape index (κ1) is 28.8. The van der Waals surface area contributed by atoms with Crippen molar-refractivity contribution in [1.29, 1.82) is 0 Å². The molecule has 1 spiro atoms. The van der Waals surface area contributed by atoms with Gasteiger partial charge in [-0.3, -0.25) is 14.4 Å². The highest BCUT2D eigenvalue weighted by Gasteiger charge is 2.80. The van der Waals surface area contributed by atoms with Gasteiger partial charge in [0.2, 0.25) is 17.7 Å². The van der Waals surface area contributed by atoms with Gasteiger partial charge in [-0.2, -0.15) is 0 Å². The number of fused-ring (bicyclic) bond motifs is 1. The van der Waals surface area contributed by atoms with Gasteiger partial charge in [0.25, 0.3) is 0 Å². The Balaban J connectivity index is 1.75. The SMILES string of the molecule is C=CCN(C)C(=O)[C@H]1[C@H]2C(=O)N(CCCCCO)C(C(=O)N(CC=C)C3CCCCC3)C23CC(C)[C@]1(C)O3. The number of carbonyl (C=O) groups excluding carboxylic acids is 3. The van der Waals surface area contributed by atoms with E-state index < -0.39 is 29.1 Å². The molecule has 8 nitrogen and oxygen atoms in total. The predicted molar refractivity (Wildman–Crippen MR) is 146 cm³/mol. The molecule has 4 fully saturated rings. The third-order valence-corrected chi connectivity index (χ3v) is 9.78. The monoisotopic (exact) mass is 529 g/mol. The fraction of sp³-hybridized carbons (Fsp3) is 0.767. The van der Waals surface area contributed by atoms with Gasteiger partial charge in [-0.1, -0.05) is 38.3 Å². The van der Waals surface area contributed by atoms with Crippen molar-refractivity contribution < 1.29 is 24.2 Å². The van der Waals surface area contributed by atoms with Crippen LogP contribution in [0.1, 0.15) is 71.6 Å². The Morgan fingerprint density at radius 3 is 2.42 bits per heavy atom. The number of ether oxygens (including phenoxy) is 1. The van der Waals surface area contributed by atoms with Gasteiger partial charge >= 0.3 is 0 Å². The molecule has 6 atom stereocenters. The summed E-state index contributed by atoms with van der Waals surface area (Å²) in [5.74, 6) is -1.65. The number of rotatable bonds is 12. The summed E-state index contributed by atoms with van der Waals surface area (Å²) in [6, 6.07) is -0.637. The minimum atomic E-state index is -1.03. The van der Waals surface area contributed by atoms with E-state index in [1.807, 2.05) is 11.8 Å². The lowest BCUT2D eigenvalue weighted by molar-refractivity contribution is -0.155.